The first-order valence-corrected chi connectivity index (χ1v) is 13.5. The maximum Gasteiger partial charge on any atom is 0.258 e. The SMILES string of the molecule is CC(C)C[C@H](NC(=O)COc1ccccc1)C(=O)N[C@@H](Cc1ccccc1)C(=O)CSCc1ccco1. The average molecular weight is 523 g/mol. The predicted octanol–water partition coefficient (Wildman–Crippen LogP) is 4.42. The van der Waals surface area contributed by atoms with Crippen LogP contribution in [-0.4, -0.2) is 42.0 Å². The Labute approximate surface area is 222 Å². The summed E-state index contributed by atoms with van der Waals surface area (Å²) in [6.07, 6.45) is 2.40. The van der Waals surface area contributed by atoms with Crippen LogP contribution in [0.4, 0.5) is 0 Å². The van der Waals surface area contributed by atoms with Crippen molar-refractivity contribution >= 4 is 29.4 Å². The maximum atomic E-state index is 13.3. The van der Waals surface area contributed by atoms with E-state index in [1.165, 1.54) is 11.8 Å². The molecular formula is C29H34N2O5S. The Morgan fingerprint density at radius 2 is 1.59 bits per heavy atom. The molecule has 0 fully saturated rings. The molecule has 0 saturated heterocycles. The molecule has 37 heavy (non-hydrogen) atoms. The molecule has 2 N–H and O–H groups in total. The van der Waals surface area contributed by atoms with Crippen LogP contribution in [0.15, 0.2) is 83.5 Å². The number of para-hydroxylation sites is 1. The van der Waals surface area contributed by atoms with Crippen LogP contribution in [0.1, 0.15) is 31.6 Å². The lowest BCUT2D eigenvalue weighted by atomic mass is 10.00. The smallest absolute Gasteiger partial charge is 0.258 e. The molecule has 0 radical (unpaired) electrons. The summed E-state index contributed by atoms with van der Waals surface area (Å²) in [5, 5.41) is 5.70. The van der Waals surface area contributed by atoms with Crippen molar-refractivity contribution in [2.75, 3.05) is 12.4 Å². The number of benzene rings is 2. The van der Waals surface area contributed by atoms with Gasteiger partial charge in [-0.15, -0.1) is 11.8 Å². The van der Waals surface area contributed by atoms with Gasteiger partial charge in [-0.05, 0) is 48.6 Å². The first kappa shape index (κ1) is 28.1. The molecule has 0 aliphatic rings. The summed E-state index contributed by atoms with van der Waals surface area (Å²) in [4.78, 5) is 39.1. The van der Waals surface area contributed by atoms with Crippen molar-refractivity contribution in [1.82, 2.24) is 10.6 Å². The summed E-state index contributed by atoms with van der Waals surface area (Å²) in [5.74, 6) is 1.44. The minimum Gasteiger partial charge on any atom is -0.484 e. The van der Waals surface area contributed by atoms with Crippen LogP contribution in [-0.2, 0) is 26.6 Å². The minimum atomic E-state index is -0.784. The molecule has 2 aromatic carbocycles. The molecule has 0 unspecified atom stereocenters. The highest BCUT2D eigenvalue weighted by Crippen LogP contribution is 2.15. The normalized spacial score (nSPS) is 12.5. The predicted molar refractivity (Wildman–Crippen MR) is 145 cm³/mol. The molecule has 0 aliphatic heterocycles. The third-order valence-corrected chi connectivity index (χ3v) is 6.51. The Balaban J connectivity index is 1.63. The number of amides is 2. The number of furan rings is 1. The Hall–Kier alpha value is -3.52. The Morgan fingerprint density at radius 1 is 0.892 bits per heavy atom. The number of hydrogen-bond donors (Lipinski definition) is 2. The first-order chi connectivity index (χ1) is 17.9. The van der Waals surface area contributed by atoms with Gasteiger partial charge in [0.25, 0.3) is 5.91 Å². The molecule has 3 aromatic rings. The lowest BCUT2D eigenvalue weighted by molar-refractivity contribution is -0.132. The zero-order valence-corrected chi connectivity index (χ0v) is 22.0. The van der Waals surface area contributed by atoms with Gasteiger partial charge in [0.15, 0.2) is 12.4 Å². The largest absolute Gasteiger partial charge is 0.484 e. The third kappa shape index (κ3) is 10.2. The maximum absolute atomic E-state index is 13.3. The second-order valence-corrected chi connectivity index (χ2v) is 10.1. The van der Waals surface area contributed by atoms with Crippen LogP contribution in [0.5, 0.6) is 5.75 Å². The third-order valence-electron chi connectivity index (χ3n) is 5.53. The summed E-state index contributed by atoms with van der Waals surface area (Å²) >= 11 is 1.44. The lowest BCUT2D eigenvalue weighted by Gasteiger charge is -2.24. The van der Waals surface area contributed by atoms with Gasteiger partial charge in [-0.25, -0.2) is 0 Å². The zero-order chi connectivity index (χ0) is 26.5. The first-order valence-electron chi connectivity index (χ1n) is 12.3. The van der Waals surface area contributed by atoms with Gasteiger partial charge < -0.3 is 19.8 Å². The van der Waals surface area contributed by atoms with Gasteiger partial charge in [0, 0.05) is 0 Å². The van der Waals surface area contributed by atoms with Crippen molar-refractivity contribution in [2.24, 2.45) is 5.92 Å². The van der Waals surface area contributed by atoms with Crippen molar-refractivity contribution in [3.05, 3.63) is 90.4 Å². The number of carbonyl (C=O) groups is 3. The zero-order valence-electron chi connectivity index (χ0n) is 21.2. The topological polar surface area (TPSA) is 97.6 Å². The molecule has 0 spiro atoms. The average Bonchev–Trinajstić information content (AvgIpc) is 3.41. The van der Waals surface area contributed by atoms with Crippen LogP contribution >= 0.6 is 11.8 Å². The van der Waals surface area contributed by atoms with Gasteiger partial charge in [-0.1, -0.05) is 62.4 Å². The van der Waals surface area contributed by atoms with E-state index < -0.39 is 18.0 Å². The fourth-order valence-electron chi connectivity index (χ4n) is 3.72. The summed E-state index contributed by atoms with van der Waals surface area (Å²) in [6, 6.07) is 20.8. The van der Waals surface area contributed by atoms with Gasteiger partial charge in [0.1, 0.15) is 17.6 Å². The summed E-state index contributed by atoms with van der Waals surface area (Å²) in [5.41, 5.74) is 0.942. The highest BCUT2D eigenvalue weighted by atomic mass is 32.2. The Kier molecular flexibility index (Phi) is 11.3. The van der Waals surface area contributed by atoms with Gasteiger partial charge in [0.2, 0.25) is 5.91 Å². The number of Topliss-reactive ketones (excluding diaryl/α,β-unsaturated/α-hetero) is 1. The standard InChI is InChI=1S/C29H34N2O5S/c1-21(2)16-26(30-28(33)18-36-23-12-7-4-8-13-23)29(34)31-25(17-22-10-5-3-6-11-22)27(32)20-37-19-24-14-9-15-35-24/h3-15,21,25-26H,16-20H2,1-2H3,(H,30,33)(H,31,34)/t25-,26-/m0/s1. The Bertz CT molecular complexity index is 1100. The van der Waals surface area contributed by atoms with Crippen molar-refractivity contribution in [1.29, 1.82) is 0 Å². The molecule has 0 aliphatic carbocycles. The number of rotatable bonds is 15. The fraction of sp³-hybridized carbons (Fsp3) is 0.345. The fourth-order valence-corrected chi connectivity index (χ4v) is 4.59. The Morgan fingerprint density at radius 3 is 2.24 bits per heavy atom. The van der Waals surface area contributed by atoms with Crippen LogP contribution in [0.2, 0.25) is 0 Å². The van der Waals surface area contributed by atoms with Gasteiger partial charge in [-0.2, -0.15) is 0 Å². The van der Waals surface area contributed by atoms with Crippen LogP contribution in [0.25, 0.3) is 0 Å². The summed E-state index contributed by atoms with van der Waals surface area (Å²) in [7, 11) is 0. The van der Waals surface area contributed by atoms with Crippen molar-refractivity contribution in [2.45, 2.75) is 44.5 Å². The number of hydrogen-bond acceptors (Lipinski definition) is 6. The molecule has 196 valence electrons. The number of thioether (sulfide) groups is 1. The van der Waals surface area contributed by atoms with E-state index in [1.54, 1.807) is 18.4 Å². The van der Waals surface area contributed by atoms with Crippen molar-refractivity contribution < 1.29 is 23.5 Å². The molecule has 8 heteroatoms. The van der Waals surface area contributed by atoms with Gasteiger partial charge >= 0.3 is 0 Å². The molecule has 7 nitrogen and oxygen atoms in total. The second-order valence-electron chi connectivity index (χ2n) is 9.14. The molecule has 3 rings (SSSR count). The van der Waals surface area contributed by atoms with E-state index in [9.17, 15) is 14.4 Å². The molecule has 0 bridgehead atoms. The van der Waals surface area contributed by atoms with E-state index in [1.807, 2.05) is 74.5 Å². The van der Waals surface area contributed by atoms with E-state index >= 15 is 0 Å². The van der Waals surface area contributed by atoms with Crippen molar-refractivity contribution in [3.63, 3.8) is 0 Å². The molecule has 1 aromatic heterocycles. The van der Waals surface area contributed by atoms with E-state index in [4.69, 9.17) is 9.15 Å². The van der Waals surface area contributed by atoms with E-state index in [-0.39, 0.29) is 30.0 Å². The number of ketones is 1. The molecule has 1 heterocycles. The molecule has 0 saturated carbocycles. The number of nitrogens with one attached hydrogen (secondary N) is 2. The van der Waals surface area contributed by atoms with Crippen LogP contribution in [0.3, 0.4) is 0 Å². The summed E-state index contributed by atoms with van der Waals surface area (Å²) in [6.45, 7) is 3.75. The monoisotopic (exact) mass is 522 g/mol. The highest BCUT2D eigenvalue weighted by molar-refractivity contribution is 7.99. The van der Waals surface area contributed by atoms with E-state index in [0.717, 1.165) is 11.3 Å². The quantitative estimate of drug-likeness (QED) is 0.307. The number of carbonyl (C=O) groups excluding carboxylic acids is 3. The molecule has 2 atom stereocenters. The molecule has 2 amide bonds. The van der Waals surface area contributed by atoms with Crippen molar-refractivity contribution in [3.8, 4) is 5.75 Å². The van der Waals surface area contributed by atoms with Gasteiger partial charge in [0.05, 0.1) is 23.8 Å². The van der Waals surface area contributed by atoms with E-state index in [2.05, 4.69) is 10.6 Å². The lowest BCUT2D eigenvalue weighted by Crippen LogP contribution is -2.53. The highest BCUT2D eigenvalue weighted by Gasteiger charge is 2.27. The molecular weight excluding hydrogens is 488 g/mol. The number of ether oxygens (including phenoxy) is 1. The minimum absolute atomic E-state index is 0.0872. The van der Waals surface area contributed by atoms with Gasteiger partial charge in [-0.3, -0.25) is 14.4 Å². The van der Waals surface area contributed by atoms with E-state index in [0.29, 0.717) is 24.3 Å². The summed E-state index contributed by atoms with van der Waals surface area (Å²) < 4.78 is 10.9. The second kappa shape index (κ2) is 14.9. The van der Waals surface area contributed by atoms with Crippen LogP contribution < -0.4 is 15.4 Å². The van der Waals surface area contributed by atoms with Crippen LogP contribution in [0, 0.1) is 5.92 Å².